The zero-order valence-electron chi connectivity index (χ0n) is 22.0. The van der Waals surface area contributed by atoms with Gasteiger partial charge in [0.15, 0.2) is 11.5 Å². The number of aromatic nitrogens is 3. The third kappa shape index (κ3) is 8.35. The molecule has 11 heteroatoms. The van der Waals surface area contributed by atoms with E-state index in [0.29, 0.717) is 43.4 Å². The van der Waals surface area contributed by atoms with Crippen LogP contribution in [0.4, 0.5) is 11.5 Å². The highest BCUT2D eigenvalue weighted by molar-refractivity contribution is 5.96. The monoisotopic (exact) mass is 508 g/mol. The van der Waals surface area contributed by atoms with E-state index in [-0.39, 0.29) is 24.1 Å². The number of likely N-dealkylation sites (N-methyl/N-ethyl adjacent to an activating group) is 2. The first kappa shape index (κ1) is 27.7. The van der Waals surface area contributed by atoms with Crippen molar-refractivity contribution >= 4 is 29.2 Å². The molecule has 2 aromatic heterocycles. The van der Waals surface area contributed by atoms with E-state index in [4.69, 9.17) is 10.7 Å². The van der Waals surface area contributed by atoms with Gasteiger partial charge in [-0.25, -0.2) is 9.97 Å². The minimum absolute atomic E-state index is 0.0359. The smallest absolute Gasteiger partial charge is 0.271 e. The molecule has 0 aromatic carbocycles. The summed E-state index contributed by atoms with van der Waals surface area (Å²) in [6.45, 7) is 2.96. The molecule has 3 amide bonds. The van der Waals surface area contributed by atoms with E-state index in [1.54, 1.807) is 25.4 Å². The second kappa shape index (κ2) is 12.9. The minimum Gasteiger partial charge on any atom is -0.364 e. The number of rotatable bonds is 13. The molecule has 1 saturated carbocycles. The maximum absolute atomic E-state index is 12.3. The van der Waals surface area contributed by atoms with Crippen molar-refractivity contribution in [1.29, 1.82) is 0 Å². The van der Waals surface area contributed by atoms with E-state index < -0.39 is 5.91 Å². The Balaban J connectivity index is 1.57. The van der Waals surface area contributed by atoms with E-state index in [2.05, 4.69) is 20.6 Å². The summed E-state index contributed by atoms with van der Waals surface area (Å²) in [5, 5.41) is 5.99. The number of nitrogens with two attached hydrogens (primary N) is 1. The summed E-state index contributed by atoms with van der Waals surface area (Å²) in [7, 11) is 5.41. The Bertz CT molecular complexity index is 1160. The highest BCUT2D eigenvalue weighted by Crippen LogP contribution is 2.41. The van der Waals surface area contributed by atoms with Gasteiger partial charge in [0, 0.05) is 56.1 Å². The normalized spacial score (nSPS) is 13.1. The van der Waals surface area contributed by atoms with Crippen molar-refractivity contribution in [2.45, 2.75) is 38.5 Å². The van der Waals surface area contributed by atoms with E-state index in [1.165, 1.54) is 11.0 Å². The fourth-order valence-corrected chi connectivity index (χ4v) is 3.69. The SMILES string of the molecule is CCc1nc(C(N)=O)c(Nc2ccnc(CCNC(=O)CN(C)C(=O)/C=C/CN(C)C)c2)nc1C1CC1. The van der Waals surface area contributed by atoms with Crippen LogP contribution >= 0.6 is 0 Å². The zero-order valence-corrected chi connectivity index (χ0v) is 22.0. The molecule has 198 valence electrons. The third-order valence-corrected chi connectivity index (χ3v) is 5.80. The van der Waals surface area contributed by atoms with Crippen LogP contribution in [0.2, 0.25) is 0 Å². The second-order valence-corrected chi connectivity index (χ2v) is 9.36. The molecule has 0 bridgehead atoms. The van der Waals surface area contributed by atoms with Gasteiger partial charge in [0.25, 0.3) is 5.91 Å². The molecule has 0 radical (unpaired) electrons. The summed E-state index contributed by atoms with van der Waals surface area (Å²) < 4.78 is 0. The maximum atomic E-state index is 12.3. The fourth-order valence-electron chi connectivity index (χ4n) is 3.69. The summed E-state index contributed by atoms with van der Waals surface area (Å²) in [5.41, 5.74) is 8.85. The van der Waals surface area contributed by atoms with Gasteiger partial charge in [0.2, 0.25) is 11.8 Å². The number of amides is 3. The van der Waals surface area contributed by atoms with Crippen molar-refractivity contribution in [3.63, 3.8) is 0 Å². The molecular weight excluding hydrogens is 472 g/mol. The average molecular weight is 509 g/mol. The largest absolute Gasteiger partial charge is 0.364 e. The first-order valence-electron chi connectivity index (χ1n) is 12.4. The fraction of sp³-hybridized carbons (Fsp3) is 0.462. The van der Waals surface area contributed by atoms with Gasteiger partial charge in [0.05, 0.1) is 17.9 Å². The molecule has 0 unspecified atom stereocenters. The Labute approximate surface area is 217 Å². The molecule has 0 saturated heterocycles. The average Bonchev–Trinajstić information content (AvgIpc) is 3.69. The molecule has 0 atom stereocenters. The summed E-state index contributed by atoms with van der Waals surface area (Å²) in [6.07, 6.45) is 8.17. The van der Waals surface area contributed by atoms with Crippen molar-refractivity contribution in [3.8, 4) is 0 Å². The number of nitrogens with one attached hydrogen (secondary N) is 2. The van der Waals surface area contributed by atoms with Gasteiger partial charge in [-0.05, 0) is 45.5 Å². The van der Waals surface area contributed by atoms with Gasteiger partial charge in [-0.2, -0.15) is 0 Å². The number of aryl methyl sites for hydroxylation is 1. The number of hydrogen-bond donors (Lipinski definition) is 3. The number of carbonyl (C=O) groups excluding carboxylic acids is 3. The van der Waals surface area contributed by atoms with Crippen molar-refractivity contribution in [3.05, 3.63) is 53.3 Å². The number of pyridine rings is 1. The van der Waals surface area contributed by atoms with Crippen LogP contribution in [0.3, 0.4) is 0 Å². The highest BCUT2D eigenvalue weighted by Gasteiger charge is 2.30. The molecule has 3 rings (SSSR count). The summed E-state index contributed by atoms with van der Waals surface area (Å²) >= 11 is 0. The van der Waals surface area contributed by atoms with Crippen molar-refractivity contribution < 1.29 is 14.4 Å². The van der Waals surface area contributed by atoms with Crippen LogP contribution < -0.4 is 16.4 Å². The summed E-state index contributed by atoms with van der Waals surface area (Å²) in [4.78, 5) is 53.3. The van der Waals surface area contributed by atoms with E-state index in [1.807, 2.05) is 32.0 Å². The number of anilines is 2. The lowest BCUT2D eigenvalue weighted by molar-refractivity contribution is -0.131. The van der Waals surface area contributed by atoms with Gasteiger partial charge in [0.1, 0.15) is 0 Å². The predicted molar refractivity (Wildman–Crippen MR) is 141 cm³/mol. The Morgan fingerprint density at radius 1 is 1.19 bits per heavy atom. The molecular formula is C26H36N8O3. The maximum Gasteiger partial charge on any atom is 0.271 e. The number of hydrogen-bond acceptors (Lipinski definition) is 8. The van der Waals surface area contributed by atoms with Gasteiger partial charge < -0.3 is 26.2 Å². The summed E-state index contributed by atoms with van der Waals surface area (Å²) in [6, 6.07) is 3.60. The van der Waals surface area contributed by atoms with Crippen LogP contribution in [-0.4, -0.2) is 83.3 Å². The van der Waals surface area contributed by atoms with E-state index >= 15 is 0 Å². The van der Waals surface area contributed by atoms with E-state index in [9.17, 15) is 14.4 Å². The number of nitrogens with zero attached hydrogens (tertiary/aromatic N) is 5. The quantitative estimate of drug-likeness (QED) is 0.344. The lowest BCUT2D eigenvalue weighted by Gasteiger charge is -2.15. The Morgan fingerprint density at radius 2 is 1.95 bits per heavy atom. The van der Waals surface area contributed by atoms with Gasteiger partial charge in [-0.3, -0.25) is 19.4 Å². The van der Waals surface area contributed by atoms with Crippen LogP contribution in [0.15, 0.2) is 30.5 Å². The molecule has 0 aliphatic heterocycles. The number of carbonyl (C=O) groups is 3. The molecule has 0 spiro atoms. The molecule has 11 nitrogen and oxygen atoms in total. The Hall–Kier alpha value is -3.86. The summed E-state index contributed by atoms with van der Waals surface area (Å²) in [5.74, 6) is -0.404. The predicted octanol–water partition coefficient (Wildman–Crippen LogP) is 1.39. The molecule has 4 N–H and O–H groups in total. The van der Waals surface area contributed by atoms with Crippen molar-refractivity contribution in [2.75, 3.05) is 46.1 Å². The Morgan fingerprint density at radius 3 is 2.59 bits per heavy atom. The van der Waals surface area contributed by atoms with Crippen molar-refractivity contribution in [2.24, 2.45) is 5.73 Å². The van der Waals surface area contributed by atoms with Gasteiger partial charge in [-0.1, -0.05) is 13.0 Å². The zero-order chi connectivity index (χ0) is 26.9. The lowest BCUT2D eigenvalue weighted by Crippen LogP contribution is -2.38. The minimum atomic E-state index is -0.638. The van der Waals surface area contributed by atoms with Gasteiger partial charge >= 0.3 is 0 Å². The van der Waals surface area contributed by atoms with Crippen LogP contribution in [-0.2, 0) is 22.4 Å². The van der Waals surface area contributed by atoms with Crippen LogP contribution in [0.25, 0.3) is 0 Å². The first-order chi connectivity index (χ1) is 17.7. The molecule has 1 aliphatic carbocycles. The van der Waals surface area contributed by atoms with Crippen LogP contribution in [0.1, 0.15) is 53.3 Å². The molecule has 1 aliphatic rings. The van der Waals surface area contributed by atoms with Crippen molar-refractivity contribution in [1.82, 2.24) is 30.1 Å². The molecule has 2 aromatic rings. The highest BCUT2D eigenvalue weighted by atomic mass is 16.2. The topological polar surface area (TPSA) is 146 Å². The molecule has 2 heterocycles. The van der Waals surface area contributed by atoms with Gasteiger partial charge in [-0.15, -0.1) is 0 Å². The first-order valence-corrected chi connectivity index (χ1v) is 12.4. The second-order valence-electron chi connectivity index (χ2n) is 9.36. The third-order valence-electron chi connectivity index (χ3n) is 5.80. The Kier molecular flexibility index (Phi) is 9.67. The van der Waals surface area contributed by atoms with E-state index in [0.717, 1.165) is 29.9 Å². The number of primary amides is 1. The molecule has 1 fully saturated rings. The van der Waals surface area contributed by atoms with Crippen LogP contribution in [0.5, 0.6) is 0 Å². The lowest BCUT2D eigenvalue weighted by atomic mass is 10.1. The molecule has 37 heavy (non-hydrogen) atoms. The standard InChI is InChI=1S/C26H36N8O3/c1-5-20-23(17-8-9-17)32-26(24(31-20)25(27)37)30-19-11-12-28-18(15-19)10-13-29-21(35)16-34(4)22(36)7-6-14-33(2)3/h6-7,11-12,15,17H,5,8-10,13-14,16H2,1-4H3,(H2,27,37)(H,29,35)(H,28,30,32)/b7-6+. The van der Waals surface area contributed by atoms with Crippen LogP contribution in [0, 0.1) is 0 Å².